The number of hydrogen-bond acceptors (Lipinski definition) is 4. The molecular weight excluding hydrogens is 407 g/mol. The van der Waals surface area contributed by atoms with E-state index in [1.807, 2.05) is 31.2 Å². The van der Waals surface area contributed by atoms with Gasteiger partial charge in [-0.15, -0.1) is 0 Å². The van der Waals surface area contributed by atoms with Crippen molar-refractivity contribution in [1.29, 1.82) is 0 Å². The van der Waals surface area contributed by atoms with Crippen LogP contribution in [0.3, 0.4) is 0 Å². The molecule has 0 saturated carbocycles. The number of allylic oxidation sites excluding steroid dienone is 3. The van der Waals surface area contributed by atoms with Gasteiger partial charge in [0.05, 0.1) is 18.7 Å². The van der Waals surface area contributed by atoms with Crippen molar-refractivity contribution in [2.24, 2.45) is 5.41 Å². The first-order valence-corrected chi connectivity index (χ1v) is 10.6. The van der Waals surface area contributed by atoms with Crippen molar-refractivity contribution in [3.05, 3.63) is 82.5 Å². The molecule has 2 aromatic rings. The summed E-state index contributed by atoms with van der Waals surface area (Å²) in [7, 11) is 1.57. The topological polar surface area (TPSA) is 67.4 Å². The number of anilines is 1. The molecule has 0 spiro atoms. The monoisotopic (exact) mass is 434 g/mol. The summed E-state index contributed by atoms with van der Waals surface area (Å²) in [6, 6.07) is 13.4. The smallest absolute Gasteiger partial charge is 0.254 e. The Morgan fingerprint density at radius 3 is 2.53 bits per heavy atom. The van der Waals surface area contributed by atoms with Gasteiger partial charge in [-0.2, -0.15) is 0 Å². The van der Waals surface area contributed by atoms with Gasteiger partial charge >= 0.3 is 0 Å². The number of nitrogens with one attached hydrogen (secondary N) is 2. The number of methoxy groups -OCH3 is 1. The van der Waals surface area contributed by atoms with E-state index in [1.165, 1.54) is 12.1 Å². The van der Waals surface area contributed by atoms with Crippen LogP contribution in [0.5, 0.6) is 5.75 Å². The first kappa shape index (κ1) is 21.8. The van der Waals surface area contributed by atoms with Gasteiger partial charge in [-0.05, 0) is 37.0 Å². The van der Waals surface area contributed by atoms with Gasteiger partial charge < -0.3 is 15.4 Å². The number of amides is 1. The molecule has 2 N–H and O–H groups in total. The van der Waals surface area contributed by atoms with Crippen molar-refractivity contribution in [2.75, 3.05) is 12.4 Å². The van der Waals surface area contributed by atoms with E-state index in [1.54, 1.807) is 19.2 Å². The Kier molecular flexibility index (Phi) is 5.63. The number of ether oxygens (including phenoxy) is 1. The molecule has 1 heterocycles. The summed E-state index contributed by atoms with van der Waals surface area (Å²) in [4.78, 5) is 26.8. The van der Waals surface area contributed by atoms with Crippen molar-refractivity contribution < 1.29 is 18.7 Å². The summed E-state index contributed by atoms with van der Waals surface area (Å²) in [6.45, 7) is 5.94. The molecule has 2 aromatic carbocycles. The Balaban J connectivity index is 1.86. The molecule has 5 nitrogen and oxygen atoms in total. The van der Waals surface area contributed by atoms with Crippen molar-refractivity contribution in [3.8, 4) is 5.75 Å². The maximum atomic E-state index is 14.2. The van der Waals surface area contributed by atoms with Gasteiger partial charge in [0.15, 0.2) is 5.78 Å². The zero-order valence-corrected chi connectivity index (χ0v) is 18.7. The largest absolute Gasteiger partial charge is 0.496 e. The van der Waals surface area contributed by atoms with Crippen LogP contribution in [0, 0.1) is 11.2 Å². The summed E-state index contributed by atoms with van der Waals surface area (Å²) in [6.07, 6.45) is 1.08. The molecule has 32 heavy (non-hydrogen) atoms. The molecule has 1 amide bonds. The molecule has 0 radical (unpaired) electrons. The normalized spacial score (nSPS) is 19.9. The van der Waals surface area contributed by atoms with E-state index in [2.05, 4.69) is 24.5 Å². The summed E-state index contributed by atoms with van der Waals surface area (Å²) in [5, 5.41) is 6.00. The molecule has 1 aliphatic heterocycles. The summed E-state index contributed by atoms with van der Waals surface area (Å²) in [5.74, 6) is -0.999. The van der Waals surface area contributed by atoms with Crippen LogP contribution in [-0.4, -0.2) is 18.8 Å². The molecule has 6 heteroatoms. The number of dihydropyridines is 1. The lowest BCUT2D eigenvalue weighted by atomic mass is 9.68. The molecule has 0 fully saturated rings. The Labute approximate surface area is 187 Å². The second-order valence-electron chi connectivity index (χ2n) is 9.11. The lowest BCUT2D eigenvalue weighted by Crippen LogP contribution is -2.39. The highest BCUT2D eigenvalue weighted by Crippen LogP contribution is 2.48. The molecule has 166 valence electrons. The SMILES string of the molecule is COc1ccccc1C1C(C(=O)Nc2ccccc2F)=C(C)NC2=C1C(=O)CC(C)(C)C2. The first-order valence-electron chi connectivity index (χ1n) is 10.6. The van der Waals surface area contributed by atoms with Gasteiger partial charge in [0.1, 0.15) is 11.6 Å². The fourth-order valence-corrected chi connectivity index (χ4v) is 4.71. The average Bonchev–Trinajstić information content (AvgIpc) is 2.73. The van der Waals surface area contributed by atoms with Gasteiger partial charge in [-0.3, -0.25) is 9.59 Å². The van der Waals surface area contributed by atoms with E-state index < -0.39 is 17.6 Å². The number of rotatable bonds is 4. The second-order valence-corrected chi connectivity index (χ2v) is 9.11. The number of halogens is 1. The van der Waals surface area contributed by atoms with Crippen molar-refractivity contribution >= 4 is 17.4 Å². The Morgan fingerprint density at radius 1 is 1.12 bits per heavy atom. The Hall–Kier alpha value is -3.41. The van der Waals surface area contributed by atoms with Crippen molar-refractivity contribution in [2.45, 2.75) is 39.5 Å². The quantitative estimate of drug-likeness (QED) is 0.705. The maximum absolute atomic E-state index is 14.2. The highest BCUT2D eigenvalue weighted by atomic mass is 19.1. The van der Waals surface area contributed by atoms with E-state index in [-0.39, 0.29) is 16.9 Å². The van der Waals surface area contributed by atoms with Gasteiger partial charge in [-0.25, -0.2) is 4.39 Å². The van der Waals surface area contributed by atoms with Crippen LogP contribution in [0.1, 0.15) is 45.1 Å². The van der Waals surface area contributed by atoms with Crippen LogP contribution in [0.15, 0.2) is 71.1 Å². The maximum Gasteiger partial charge on any atom is 0.254 e. The van der Waals surface area contributed by atoms with Gasteiger partial charge in [0.2, 0.25) is 0 Å². The number of Topliss-reactive ketones (excluding diaryl/α,β-unsaturated/α-hetero) is 1. The number of hydrogen-bond donors (Lipinski definition) is 2. The molecule has 2 aliphatic rings. The highest BCUT2D eigenvalue weighted by Gasteiger charge is 2.43. The Morgan fingerprint density at radius 2 is 1.81 bits per heavy atom. The van der Waals surface area contributed by atoms with Crippen molar-refractivity contribution in [3.63, 3.8) is 0 Å². The number of carbonyl (C=O) groups excluding carboxylic acids is 2. The lowest BCUT2D eigenvalue weighted by molar-refractivity contribution is -0.118. The van der Waals surface area contributed by atoms with Gasteiger partial charge in [0.25, 0.3) is 5.91 Å². The van der Waals surface area contributed by atoms with Crippen LogP contribution >= 0.6 is 0 Å². The summed E-state index contributed by atoms with van der Waals surface area (Å²) in [5.41, 5.74) is 3.08. The predicted molar refractivity (Wildman–Crippen MR) is 122 cm³/mol. The van der Waals surface area contributed by atoms with Crippen LogP contribution in [-0.2, 0) is 9.59 Å². The van der Waals surface area contributed by atoms with E-state index in [9.17, 15) is 14.0 Å². The van der Waals surface area contributed by atoms with E-state index in [0.29, 0.717) is 35.4 Å². The van der Waals surface area contributed by atoms with E-state index in [4.69, 9.17) is 4.74 Å². The Bertz CT molecular complexity index is 1160. The van der Waals surface area contributed by atoms with Gasteiger partial charge in [0, 0.05) is 34.5 Å². The molecule has 4 rings (SSSR count). The third kappa shape index (κ3) is 3.93. The lowest BCUT2D eigenvalue weighted by Gasteiger charge is -2.40. The summed E-state index contributed by atoms with van der Waals surface area (Å²) < 4.78 is 19.8. The van der Waals surface area contributed by atoms with Crippen LogP contribution in [0.2, 0.25) is 0 Å². The van der Waals surface area contributed by atoms with Crippen LogP contribution in [0.4, 0.5) is 10.1 Å². The van der Waals surface area contributed by atoms with Crippen LogP contribution in [0.25, 0.3) is 0 Å². The van der Waals surface area contributed by atoms with Gasteiger partial charge in [-0.1, -0.05) is 44.2 Å². The molecule has 0 aromatic heterocycles. The first-order chi connectivity index (χ1) is 15.2. The fourth-order valence-electron chi connectivity index (χ4n) is 4.71. The molecule has 1 aliphatic carbocycles. The molecule has 1 atom stereocenters. The van der Waals surface area contributed by atoms with E-state index >= 15 is 0 Å². The zero-order chi connectivity index (χ0) is 23.0. The minimum Gasteiger partial charge on any atom is -0.496 e. The average molecular weight is 435 g/mol. The summed E-state index contributed by atoms with van der Waals surface area (Å²) >= 11 is 0. The second kappa shape index (κ2) is 8.26. The standard InChI is InChI=1S/C26H27FN2O3/c1-15-22(25(31)29-18-11-7-6-10-17(18)27)23(16-9-5-8-12-21(16)32-4)24-19(28-15)13-26(2,3)14-20(24)30/h5-12,23,28H,13-14H2,1-4H3,(H,29,31). The number of benzene rings is 2. The highest BCUT2D eigenvalue weighted by molar-refractivity contribution is 6.10. The van der Waals surface area contributed by atoms with Crippen LogP contribution < -0.4 is 15.4 Å². The van der Waals surface area contributed by atoms with Crippen molar-refractivity contribution in [1.82, 2.24) is 5.32 Å². The number of para-hydroxylation sites is 2. The third-order valence-corrected chi connectivity index (χ3v) is 6.06. The minimum atomic E-state index is -0.613. The zero-order valence-electron chi connectivity index (χ0n) is 18.7. The molecular formula is C26H27FN2O3. The fraction of sp³-hybridized carbons (Fsp3) is 0.308. The third-order valence-electron chi connectivity index (χ3n) is 6.06. The minimum absolute atomic E-state index is 0.00310. The molecule has 0 saturated heterocycles. The molecule has 0 bridgehead atoms. The number of ketones is 1. The van der Waals surface area contributed by atoms with E-state index in [0.717, 1.165) is 11.3 Å². The number of carbonyl (C=O) groups is 2. The molecule has 1 unspecified atom stereocenters. The predicted octanol–water partition coefficient (Wildman–Crippen LogP) is 5.08.